The first kappa shape index (κ1) is 16.0. The van der Waals surface area contributed by atoms with Crippen molar-refractivity contribution in [3.05, 3.63) is 42.0 Å². The molecular formula is C16H22BrN3O. The summed E-state index contributed by atoms with van der Waals surface area (Å²) < 4.78 is 7.30. The number of benzene rings is 1. The molecule has 1 atom stereocenters. The Kier molecular flexibility index (Phi) is 6.23. The fourth-order valence-corrected chi connectivity index (χ4v) is 2.87. The van der Waals surface area contributed by atoms with Crippen LogP contribution in [0.1, 0.15) is 24.7 Å². The molecule has 21 heavy (non-hydrogen) atoms. The van der Waals surface area contributed by atoms with E-state index in [-0.39, 0.29) is 0 Å². The zero-order chi connectivity index (χ0) is 15.1. The van der Waals surface area contributed by atoms with E-state index in [0.717, 1.165) is 42.7 Å². The van der Waals surface area contributed by atoms with E-state index in [1.807, 2.05) is 16.8 Å². The Morgan fingerprint density at radius 3 is 2.90 bits per heavy atom. The molecule has 4 nitrogen and oxygen atoms in total. The summed E-state index contributed by atoms with van der Waals surface area (Å²) >= 11 is 3.63. The van der Waals surface area contributed by atoms with Crippen LogP contribution in [0, 0.1) is 5.92 Å². The summed E-state index contributed by atoms with van der Waals surface area (Å²) in [7, 11) is 1.70. The van der Waals surface area contributed by atoms with Crippen LogP contribution in [0.25, 0.3) is 0 Å². The average molecular weight is 352 g/mol. The van der Waals surface area contributed by atoms with E-state index in [2.05, 4.69) is 45.1 Å². The van der Waals surface area contributed by atoms with Crippen LogP contribution >= 0.6 is 15.9 Å². The molecule has 1 heterocycles. The molecule has 0 saturated heterocycles. The molecule has 0 saturated carbocycles. The van der Waals surface area contributed by atoms with Crippen molar-refractivity contribution in [1.82, 2.24) is 14.8 Å². The summed E-state index contributed by atoms with van der Waals surface area (Å²) in [6, 6.07) is 8.27. The summed E-state index contributed by atoms with van der Waals surface area (Å²) in [6.45, 7) is 3.09. The molecule has 1 aromatic heterocycles. The van der Waals surface area contributed by atoms with Crippen molar-refractivity contribution in [3.63, 3.8) is 0 Å². The van der Waals surface area contributed by atoms with Gasteiger partial charge in [-0.15, -0.1) is 0 Å². The lowest BCUT2D eigenvalue weighted by Crippen LogP contribution is -2.15. The molecule has 0 aliphatic rings. The molecule has 1 aromatic carbocycles. The molecule has 0 fully saturated rings. The molecular weight excluding hydrogens is 330 g/mol. The maximum atomic E-state index is 5.29. The number of ether oxygens (including phenoxy) is 1. The van der Waals surface area contributed by atoms with Gasteiger partial charge in [0, 0.05) is 18.3 Å². The largest absolute Gasteiger partial charge is 0.497 e. The molecule has 114 valence electrons. The Morgan fingerprint density at radius 2 is 2.19 bits per heavy atom. The van der Waals surface area contributed by atoms with Crippen LogP contribution in [0.5, 0.6) is 5.75 Å². The van der Waals surface area contributed by atoms with Crippen molar-refractivity contribution >= 4 is 15.9 Å². The monoisotopic (exact) mass is 351 g/mol. The van der Waals surface area contributed by atoms with Gasteiger partial charge in [-0.25, -0.2) is 4.98 Å². The SMILES string of the molecule is CCCn1ncnc1CC(CBr)Cc1cccc(OC)c1. The molecule has 2 aromatic rings. The lowest BCUT2D eigenvalue weighted by atomic mass is 9.97. The second-order valence-corrected chi connectivity index (χ2v) is 5.83. The van der Waals surface area contributed by atoms with Crippen LogP contribution in [0.15, 0.2) is 30.6 Å². The van der Waals surface area contributed by atoms with Crippen molar-refractivity contribution in [2.75, 3.05) is 12.4 Å². The topological polar surface area (TPSA) is 39.9 Å². The maximum Gasteiger partial charge on any atom is 0.138 e. The summed E-state index contributed by atoms with van der Waals surface area (Å²) in [6.07, 6.45) is 4.66. The normalized spacial score (nSPS) is 12.3. The number of alkyl halides is 1. The highest BCUT2D eigenvalue weighted by molar-refractivity contribution is 9.09. The molecule has 0 radical (unpaired) electrons. The fourth-order valence-electron chi connectivity index (χ4n) is 2.42. The predicted octanol–water partition coefficient (Wildman–Crippen LogP) is 3.49. The highest BCUT2D eigenvalue weighted by Crippen LogP contribution is 2.19. The molecule has 0 spiro atoms. The summed E-state index contributed by atoms with van der Waals surface area (Å²) in [5.74, 6) is 2.48. The molecule has 0 aliphatic heterocycles. The van der Waals surface area contributed by atoms with Gasteiger partial charge in [0.15, 0.2) is 0 Å². The number of rotatable bonds is 8. The number of aromatic nitrogens is 3. The number of aryl methyl sites for hydroxylation is 1. The first-order chi connectivity index (χ1) is 10.3. The van der Waals surface area contributed by atoms with Crippen molar-refractivity contribution in [2.24, 2.45) is 5.92 Å². The van der Waals surface area contributed by atoms with Gasteiger partial charge in [0.25, 0.3) is 0 Å². The standard InChI is InChI=1S/C16H22BrN3O/c1-3-7-20-16(18-12-19-20)10-14(11-17)8-13-5-4-6-15(9-13)21-2/h4-6,9,12,14H,3,7-8,10-11H2,1-2H3. The van der Waals surface area contributed by atoms with E-state index in [4.69, 9.17) is 4.74 Å². The van der Waals surface area contributed by atoms with Crippen LogP contribution in [-0.2, 0) is 19.4 Å². The zero-order valence-electron chi connectivity index (χ0n) is 12.6. The van der Waals surface area contributed by atoms with E-state index in [9.17, 15) is 0 Å². The van der Waals surface area contributed by atoms with Gasteiger partial charge in [-0.2, -0.15) is 5.10 Å². The molecule has 0 bridgehead atoms. The minimum Gasteiger partial charge on any atom is -0.497 e. The summed E-state index contributed by atoms with van der Waals surface area (Å²) in [5.41, 5.74) is 1.29. The smallest absolute Gasteiger partial charge is 0.138 e. The number of nitrogens with zero attached hydrogens (tertiary/aromatic N) is 3. The predicted molar refractivity (Wildman–Crippen MR) is 88.0 cm³/mol. The van der Waals surface area contributed by atoms with Gasteiger partial charge in [0.2, 0.25) is 0 Å². The van der Waals surface area contributed by atoms with Gasteiger partial charge < -0.3 is 4.74 Å². The molecule has 1 unspecified atom stereocenters. The third-order valence-electron chi connectivity index (χ3n) is 3.48. The van der Waals surface area contributed by atoms with Crippen LogP contribution in [0.2, 0.25) is 0 Å². The second-order valence-electron chi connectivity index (χ2n) is 5.18. The van der Waals surface area contributed by atoms with E-state index in [1.165, 1.54) is 5.56 Å². The van der Waals surface area contributed by atoms with E-state index < -0.39 is 0 Å². The van der Waals surface area contributed by atoms with Gasteiger partial charge in [-0.05, 0) is 36.5 Å². The van der Waals surface area contributed by atoms with Crippen LogP contribution in [0.3, 0.4) is 0 Å². The van der Waals surface area contributed by atoms with Crippen molar-refractivity contribution in [2.45, 2.75) is 32.7 Å². The van der Waals surface area contributed by atoms with Crippen molar-refractivity contribution < 1.29 is 4.74 Å². The highest BCUT2D eigenvalue weighted by Gasteiger charge is 2.14. The lowest BCUT2D eigenvalue weighted by molar-refractivity contribution is 0.413. The van der Waals surface area contributed by atoms with Gasteiger partial charge in [-0.3, -0.25) is 4.68 Å². The Bertz CT molecular complexity index is 556. The van der Waals surface area contributed by atoms with Crippen LogP contribution in [-0.4, -0.2) is 27.2 Å². The van der Waals surface area contributed by atoms with Crippen LogP contribution in [0.4, 0.5) is 0 Å². The Morgan fingerprint density at radius 1 is 1.33 bits per heavy atom. The van der Waals surface area contributed by atoms with Gasteiger partial charge in [0.1, 0.15) is 17.9 Å². The van der Waals surface area contributed by atoms with E-state index in [0.29, 0.717) is 5.92 Å². The van der Waals surface area contributed by atoms with E-state index >= 15 is 0 Å². The third-order valence-corrected chi connectivity index (χ3v) is 4.39. The number of methoxy groups -OCH3 is 1. The van der Waals surface area contributed by atoms with Crippen molar-refractivity contribution in [3.8, 4) is 5.75 Å². The Labute approximate surface area is 134 Å². The number of hydrogen-bond donors (Lipinski definition) is 0. The number of halogens is 1. The highest BCUT2D eigenvalue weighted by atomic mass is 79.9. The quantitative estimate of drug-likeness (QED) is 0.683. The maximum absolute atomic E-state index is 5.29. The Hall–Kier alpha value is -1.36. The minimum atomic E-state index is 0.497. The first-order valence-corrected chi connectivity index (χ1v) is 8.44. The zero-order valence-corrected chi connectivity index (χ0v) is 14.2. The minimum absolute atomic E-state index is 0.497. The fraction of sp³-hybridized carbons (Fsp3) is 0.500. The first-order valence-electron chi connectivity index (χ1n) is 7.32. The van der Waals surface area contributed by atoms with Crippen molar-refractivity contribution in [1.29, 1.82) is 0 Å². The molecule has 0 aliphatic carbocycles. The van der Waals surface area contributed by atoms with Gasteiger partial charge >= 0.3 is 0 Å². The second kappa shape index (κ2) is 8.17. The molecule has 0 amide bonds. The summed E-state index contributed by atoms with van der Waals surface area (Å²) in [5, 5.41) is 5.25. The van der Waals surface area contributed by atoms with Gasteiger partial charge in [0.05, 0.1) is 7.11 Å². The Balaban J connectivity index is 2.03. The third kappa shape index (κ3) is 4.56. The van der Waals surface area contributed by atoms with Gasteiger partial charge in [-0.1, -0.05) is 35.0 Å². The number of hydrogen-bond acceptors (Lipinski definition) is 3. The lowest BCUT2D eigenvalue weighted by Gasteiger charge is -2.15. The summed E-state index contributed by atoms with van der Waals surface area (Å²) in [4.78, 5) is 4.40. The van der Waals surface area contributed by atoms with E-state index in [1.54, 1.807) is 13.4 Å². The van der Waals surface area contributed by atoms with Crippen LogP contribution < -0.4 is 4.74 Å². The molecule has 2 rings (SSSR count). The molecule has 5 heteroatoms. The average Bonchev–Trinajstić information content (AvgIpc) is 2.94. The molecule has 0 N–H and O–H groups in total.